The summed E-state index contributed by atoms with van der Waals surface area (Å²) in [7, 11) is 2.36. The molecule has 0 N–H and O–H groups in total. The quantitative estimate of drug-likeness (QED) is 0.814. The standard InChI is InChI=1S/C20H20N2O2S2/c1-22(2)20(23)17-11-25-18(21-17)12-26(24)19-15-9-5-3-7-13(15)14-8-4-6-10-16(14)19/h3-10,17,19H,11-12H2,1-2H3. The van der Waals surface area contributed by atoms with E-state index in [-0.39, 0.29) is 17.2 Å². The topological polar surface area (TPSA) is 49.7 Å². The highest BCUT2D eigenvalue weighted by Crippen LogP contribution is 2.46. The van der Waals surface area contributed by atoms with Crippen molar-refractivity contribution in [3.05, 3.63) is 59.7 Å². The average Bonchev–Trinajstić information content (AvgIpc) is 3.23. The van der Waals surface area contributed by atoms with Crippen LogP contribution in [-0.4, -0.2) is 51.7 Å². The Hall–Kier alpha value is -1.92. The van der Waals surface area contributed by atoms with Gasteiger partial charge >= 0.3 is 0 Å². The van der Waals surface area contributed by atoms with Crippen LogP contribution in [0, 0.1) is 0 Å². The molecule has 2 aromatic carbocycles. The Kier molecular flexibility index (Phi) is 4.71. The molecule has 0 aromatic heterocycles. The molecule has 0 spiro atoms. The molecular weight excluding hydrogens is 364 g/mol. The van der Waals surface area contributed by atoms with Gasteiger partial charge < -0.3 is 4.90 Å². The third-order valence-corrected chi connectivity index (χ3v) is 7.58. The van der Waals surface area contributed by atoms with Gasteiger partial charge in [0.15, 0.2) is 0 Å². The summed E-state index contributed by atoms with van der Waals surface area (Å²) in [5.41, 5.74) is 4.58. The summed E-state index contributed by atoms with van der Waals surface area (Å²) in [6, 6.07) is 16.0. The molecule has 1 aliphatic heterocycles. The van der Waals surface area contributed by atoms with Gasteiger partial charge in [-0.2, -0.15) is 0 Å². The minimum Gasteiger partial charge on any atom is -0.347 e. The predicted molar refractivity (Wildman–Crippen MR) is 109 cm³/mol. The highest BCUT2D eigenvalue weighted by Gasteiger charge is 2.34. The molecule has 1 aliphatic carbocycles. The zero-order valence-electron chi connectivity index (χ0n) is 14.7. The molecule has 2 unspecified atom stereocenters. The van der Waals surface area contributed by atoms with Crippen molar-refractivity contribution < 1.29 is 9.00 Å². The third kappa shape index (κ3) is 3.01. The summed E-state index contributed by atoms with van der Waals surface area (Å²) < 4.78 is 13.3. The molecule has 2 atom stereocenters. The monoisotopic (exact) mass is 384 g/mol. The van der Waals surface area contributed by atoms with Crippen molar-refractivity contribution in [2.45, 2.75) is 11.3 Å². The van der Waals surface area contributed by atoms with E-state index < -0.39 is 10.8 Å². The molecule has 26 heavy (non-hydrogen) atoms. The van der Waals surface area contributed by atoms with Crippen molar-refractivity contribution in [1.82, 2.24) is 4.90 Å². The number of thioether (sulfide) groups is 1. The SMILES string of the molecule is CN(C)C(=O)C1CSC(CS(=O)C2c3ccccc3-c3ccccc32)=N1. The number of amides is 1. The first-order valence-corrected chi connectivity index (χ1v) is 10.9. The van der Waals surface area contributed by atoms with E-state index in [1.54, 1.807) is 30.8 Å². The van der Waals surface area contributed by atoms with E-state index >= 15 is 0 Å². The molecule has 4 nitrogen and oxygen atoms in total. The fraction of sp³-hybridized carbons (Fsp3) is 0.300. The number of benzene rings is 2. The fourth-order valence-corrected chi connectivity index (χ4v) is 6.44. The normalized spacial score (nSPS) is 19.6. The van der Waals surface area contributed by atoms with E-state index in [1.165, 1.54) is 11.1 Å². The molecular formula is C20H20N2O2S2. The van der Waals surface area contributed by atoms with E-state index in [9.17, 15) is 9.00 Å². The summed E-state index contributed by atoms with van der Waals surface area (Å²) in [5.74, 6) is 1.05. The van der Waals surface area contributed by atoms with Gasteiger partial charge in [0.25, 0.3) is 0 Å². The molecule has 0 radical (unpaired) electrons. The van der Waals surface area contributed by atoms with Gasteiger partial charge in [-0.25, -0.2) is 0 Å². The van der Waals surface area contributed by atoms with Crippen LogP contribution in [0.3, 0.4) is 0 Å². The van der Waals surface area contributed by atoms with Crippen LogP contribution in [-0.2, 0) is 15.6 Å². The van der Waals surface area contributed by atoms with E-state index in [4.69, 9.17) is 0 Å². The number of hydrogen-bond donors (Lipinski definition) is 0. The second-order valence-electron chi connectivity index (χ2n) is 6.66. The molecule has 0 fully saturated rings. The smallest absolute Gasteiger partial charge is 0.247 e. The summed E-state index contributed by atoms with van der Waals surface area (Å²) in [6.07, 6.45) is 0. The number of hydrogen-bond acceptors (Lipinski definition) is 4. The second-order valence-corrected chi connectivity index (χ2v) is 9.28. The van der Waals surface area contributed by atoms with Crippen molar-refractivity contribution >= 4 is 33.5 Å². The van der Waals surface area contributed by atoms with Crippen LogP contribution in [0.2, 0.25) is 0 Å². The van der Waals surface area contributed by atoms with Gasteiger partial charge in [0.2, 0.25) is 5.91 Å². The number of rotatable bonds is 4. The van der Waals surface area contributed by atoms with Gasteiger partial charge in [-0.3, -0.25) is 14.0 Å². The van der Waals surface area contributed by atoms with Crippen LogP contribution >= 0.6 is 11.8 Å². The van der Waals surface area contributed by atoms with Gasteiger partial charge in [-0.15, -0.1) is 11.8 Å². The van der Waals surface area contributed by atoms with Crippen LogP contribution in [0.25, 0.3) is 11.1 Å². The fourth-order valence-electron chi connectivity index (χ4n) is 3.52. The molecule has 0 bridgehead atoms. The summed E-state index contributed by atoms with van der Waals surface area (Å²) >= 11 is 1.56. The Balaban J connectivity index is 1.60. The second kappa shape index (κ2) is 7.00. The van der Waals surface area contributed by atoms with Crippen molar-refractivity contribution in [2.75, 3.05) is 25.6 Å². The summed E-state index contributed by atoms with van der Waals surface area (Å²) in [5, 5.41) is 0.694. The maximum Gasteiger partial charge on any atom is 0.247 e. The zero-order chi connectivity index (χ0) is 18.3. The number of carbonyl (C=O) groups excluding carboxylic acids is 1. The van der Waals surface area contributed by atoms with Crippen molar-refractivity contribution in [2.24, 2.45) is 4.99 Å². The number of carbonyl (C=O) groups is 1. The molecule has 6 heteroatoms. The maximum atomic E-state index is 13.3. The zero-order valence-corrected chi connectivity index (χ0v) is 16.3. The Bertz CT molecular complexity index is 878. The van der Waals surface area contributed by atoms with Crippen LogP contribution in [0.5, 0.6) is 0 Å². The first kappa shape index (κ1) is 17.5. The average molecular weight is 385 g/mol. The third-order valence-electron chi connectivity index (χ3n) is 4.74. The highest BCUT2D eigenvalue weighted by molar-refractivity contribution is 8.15. The minimum atomic E-state index is -1.12. The molecule has 0 saturated heterocycles. The first-order valence-electron chi connectivity index (χ1n) is 8.52. The number of aliphatic imine (C=N–C) groups is 1. The Morgan fingerprint density at radius 1 is 1.12 bits per heavy atom. The molecule has 0 saturated carbocycles. The van der Waals surface area contributed by atoms with Gasteiger partial charge in [0.05, 0.1) is 16.0 Å². The highest BCUT2D eigenvalue weighted by atomic mass is 32.2. The van der Waals surface area contributed by atoms with Gasteiger partial charge in [-0.05, 0) is 22.3 Å². The molecule has 134 valence electrons. The van der Waals surface area contributed by atoms with E-state index in [2.05, 4.69) is 29.3 Å². The predicted octanol–water partition coefficient (Wildman–Crippen LogP) is 3.11. The van der Waals surface area contributed by atoms with Crippen molar-refractivity contribution in [3.8, 4) is 11.1 Å². The Labute approximate surface area is 160 Å². The van der Waals surface area contributed by atoms with Crippen LogP contribution in [0.15, 0.2) is 53.5 Å². The van der Waals surface area contributed by atoms with E-state index in [0.717, 1.165) is 16.2 Å². The molecule has 4 rings (SSSR count). The summed E-state index contributed by atoms with van der Waals surface area (Å²) in [6.45, 7) is 0. The van der Waals surface area contributed by atoms with Crippen LogP contribution in [0.1, 0.15) is 16.4 Å². The van der Waals surface area contributed by atoms with E-state index in [1.807, 2.05) is 24.3 Å². The largest absolute Gasteiger partial charge is 0.347 e. The maximum absolute atomic E-state index is 13.3. The van der Waals surface area contributed by atoms with Crippen LogP contribution in [0.4, 0.5) is 0 Å². The van der Waals surface area contributed by atoms with E-state index in [0.29, 0.717) is 11.5 Å². The lowest BCUT2D eigenvalue weighted by Crippen LogP contribution is -2.32. The molecule has 1 amide bonds. The van der Waals surface area contributed by atoms with Crippen molar-refractivity contribution in [3.63, 3.8) is 0 Å². The molecule has 1 heterocycles. The van der Waals surface area contributed by atoms with Gasteiger partial charge in [0.1, 0.15) is 6.04 Å². The van der Waals surface area contributed by atoms with Crippen molar-refractivity contribution in [1.29, 1.82) is 0 Å². The molecule has 2 aromatic rings. The number of likely N-dealkylation sites (N-methyl/N-ethyl adjacent to an activating group) is 1. The summed E-state index contributed by atoms with van der Waals surface area (Å²) in [4.78, 5) is 18.2. The van der Waals surface area contributed by atoms with Gasteiger partial charge in [0, 0.05) is 30.6 Å². The lowest BCUT2D eigenvalue weighted by molar-refractivity contribution is -0.129. The lowest BCUT2D eigenvalue weighted by Gasteiger charge is -2.13. The van der Waals surface area contributed by atoms with Gasteiger partial charge in [-0.1, -0.05) is 48.5 Å². The Morgan fingerprint density at radius 3 is 2.27 bits per heavy atom. The van der Waals surface area contributed by atoms with Crippen LogP contribution < -0.4 is 0 Å². The first-order chi connectivity index (χ1) is 12.6. The molecule has 2 aliphatic rings. The Morgan fingerprint density at radius 2 is 1.69 bits per heavy atom. The number of nitrogens with zero attached hydrogens (tertiary/aromatic N) is 2. The lowest BCUT2D eigenvalue weighted by atomic mass is 10.1. The minimum absolute atomic E-state index is 0.00911. The number of fused-ring (bicyclic) bond motifs is 3.